The third-order valence-electron chi connectivity index (χ3n) is 6.32. The van der Waals surface area contributed by atoms with Crippen LogP contribution in [0, 0.1) is 0 Å². The van der Waals surface area contributed by atoms with Crippen LogP contribution in [0.2, 0.25) is 18.1 Å². The van der Waals surface area contributed by atoms with Gasteiger partial charge in [-0.25, -0.2) is 4.79 Å². The number of carbonyl (C=O) groups excluding carboxylic acids is 1. The van der Waals surface area contributed by atoms with Crippen molar-refractivity contribution in [1.29, 1.82) is 0 Å². The number of hydrogen-bond acceptors (Lipinski definition) is 6. The Labute approximate surface area is 196 Å². The monoisotopic (exact) mass is 464 g/mol. The third-order valence-corrected chi connectivity index (χ3v) is 10.9. The molecule has 1 aromatic carbocycles. The zero-order chi connectivity index (χ0) is 24.2. The molecule has 6 nitrogen and oxygen atoms in total. The van der Waals surface area contributed by atoms with Crippen LogP contribution in [0.25, 0.3) is 0 Å². The van der Waals surface area contributed by atoms with Gasteiger partial charge in [-0.2, -0.15) is 0 Å². The van der Waals surface area contributed by atoms with Crippen molar-refractivity contribution < 1.29 is 18.7 Å². The fourth-order valence-electron chi connectivity index (χ4n) is 3.61. The molecule has 0 bridgehead atoms. The molecule has 1 saturated heterocycles. The van der Waals surface area contributed by atoms with Crippen molar-refractivity contribution in [1.82, 2.24) is 10.2 Å². The molecule has 1 aromatic rings. The topological polar surface area (TPSA) is 60.0 Å². The molecule has 2 atom stereocenters. The number of nitrogens with zero attached hydrogens (tertiary/aromatic N) is 1. The molecule has 32 heavy (non-hydrogen) atoms. The molecule has 0 saturated carbocycles. The number of likely N-dealkylation sites (tertiary alicyclic amines) is 1. The molecule has 0 spiro atoms. The minimum atomic E-state index is -1.75. The smallest absolute Gasteiger partial charge is 0.344 e. The second-order valence-corrected chi connectivity index (χ2v) is 16.1. The van der Waals surface area contributed by atoms with E-state index in [0.717, 1.165) is 31.6 Å². The van der Waals surface area contributed by atoms with E-state index in [1.165, 1.54) is 0 Å². The second-order valence-electron chi connectivity index (χ2n) is 11.3. The maximum atomic E-state index is 12.0. The van der Waals surface area contributed by atoms with E-state index < -0.39 is 13.9 Å². The number of likely N-dealkylation sites (N-methyl/N-ethyl adjacent to an activating group) is 1. The molecule has 0 aromatic heterocycles. The zero-order valence-corrected chi connectivity index (χ0v) is 22.6. The quantitative estimate of drug-likeness (QED) is 0.420. The Hall–Kier alpha value is -1.41. The molecule has 1 aliphatic rings. The highest BCUT2D eigenvalue weighted by Crippen LogP contribution is 2.38. The van der Waals surface area contributed by atoms with Crippen molar-refractivity contribution in [3.05, 3.63) is 29.8 Å². The summed E-state index contributed by atoms with van der Waals surface area (Å²) in [7, 11) is 0.235. The number of carbonyl (C=O) groups is 1. The minimum Gasteiger partial charge on any atom is -0.482 e. The van der Waals surface area contributed by atoms with Gasteiger partial charge >= 0.3 is 5.97 Å². The van der Waals surface area contributed by atoms with Gasteiger partial charge in [-0.15, -0.1) is 0 Å². The van der Waals surface area contributed by atoms with Crippen LogP contribution in [0.15, 0.2) is 24.3 Å². The summed E-state index contributed by atoms with van der Waals surface area (Å²) in [5, 5.41) is 3.66. The predicted molar refractivity (Wildman–Crippen MR) is 133 cm³/mol. The Kier molecular flexibility index (Phi) is 8.95. The van der Waals surface area contributed by atoms with Crippen molar-refractivity contribution in [2.24, 2.45) is 0 Å². The summed E-state index contributed by atoms with van der Waals surface area (Å²) in [5.41, 5.74) is 0.629. The van der Waals surface area contributed by atoms with Crippen molar-refractivity contribution in [2.75, 3.05) is 33.3 Å². The Balaban J connectivity index is 1.93. The predicted octanol–water partition coefficient (Wildman–Crippen LogP) is 4.76. The van der Waals surface area contributed by atoms with E-state index in [9.17, 15) is 4.79 Å². The average molecular weight is 465 g/mol. The summed E-state index contributed by atoms with van der Waals surface area (Å²) in [5.74, 6) is 0.312. The molecule has 0 aliphatic carbocycles. The SMILES string of the molecule is CN[C@H](CN1CCC(O[Si](C)(C)C(C)(C)C)C1)c1cccc(OCC(=O)OC(C)(C)C)c1. The standard InChI is InChI=1S/C25H44N2O4Si/c1-24(2,3)30-23(28)18-29-20-12-10-11-19(15-20)22(26-7)17-27-14-13-21(16-27)31-32(8,9)25(4,5)6/h10-12,15,21-22,26H,13-14,16-18H2,1-9H3/t21?,22-/m1/s1. The van der Waals surface area contributed by atoms with Gasteiger partial charge in [0, 0.05) is 25.7 Å². The molecule has 1 N–H and O–H groups in total. The number of rotatable bonds is 9. The van der Waals surface area contributed by atoms with Gasteiger partial charge in [0.15, 0.2) is 14.9 Å². The van der Waals surface area contributed by atoms with Gasteiger partial charge in [-0.3, -0.25) is 4.90 Å². The largest absolute Gasteiger partial charge is 0.482 e. The van der Waals surface area contributed by atoms with Gasteiger partial charge in [0.05, 0.1) is 6.10 Å². The second kappa shape index (κ2) is 10.7. The van der Waals surface area contributed by atoms with Gasteiger partial charge in [0.2, 0.25) is 0 Å². The van der Waals surface area contributed by atoms with Gasteiger partial charge in [-0.05, 0) is 70.1 Å². The first-order chi connectivity index (χ1) is 14.7. The molecule has 1 fully saturated rings. The molecule has 0 radical (unpaired) electrons. The van der Waals surface area contributed by atoms with E-state index in [4.69, 9.17) is 13.9 Å². The van der Waals surface area contributed by atoms with Crippen LogP contribution < -0.4 is 10.1 Å². The number of esters is 1. The van der Waals surface area contributed by atoms with E-state index in [2.05, 4.69) is 50.1 Å². The average Bonchev–Trinajstić information content (AvgIpc) is 3.08. The number of nitrogens with one attached hydrogen (secondary N) is 1. The number of ether oxygens (including phenoxy) is 2. The first-order valence-corrected chi connectivity index (χ1v) is 14.6. The summed E-state index contributed by atoms with van der Waals surface area (Å²) in [6.07, 6.45) is 1.40. The number of benzene rings is 1. The lowest BCUT2D eigenvalue weighted by molar-refractivity contribution is -0.157. The van der Waals surface area contributed by atoms with E-state index >= 15 is 0 Å². The summed E-state index contributed by atoms with van der Waals surface area (Å²) in [4.78, 5) is 14.4. The summed E-state index contributed by atoms with van der Waals surface area (Å²) < 4.78 is 17.6. The number of hydrogen-bond donors (Lipinski definition) is 1. The van der Waals surface area contributed by atoms with Crippen LogP contribution in [-0.4, -0.2) is 64.2 Å². The van der Waals surface area contributed by atoms with Crippen LogP contribution in [0.4, 0.5) is 0 Å². The van der Waals surface area contributed by atoms with Gasteiger partial charge < -0.3 is 19.2 Å². The van der Waals surface area contributed by atoms with Crippen LogP contribution >= 0.6 is 0 Å². The summed E-state index contributed by atoms with van der Waals surface area (Å²) in [6, 6.07) is 8.12. The lowest BCUT2D eigenvalue weighted by Crippen LogP contribution is -2.44. The van der Waals surface area contributed by atoms with Gasteiger partial charge in [0.1, 0.15) is 11.4 Å². The summed E-state index contributed by atoms with van der Waals surface area (Å²) in [6.45, 7) is 19.9. The highest BCUT2D eigenvalue weighted by molar-refractivity contribution is 6.74. The molecule has 182 valence electrons. The minimum absolute atomic E-state index is 0.0937. The fourth-order valence-corrected chi connectivity index (χ4v) is 4.99. The van der Waals surface area contributed by atoms with Gasteiger partial charge in [0.25, 0.3) is 0 Å². The summed E-state index contributed by atoms with van der Waals surface area (Å²) >= 11 is 0. The van der Waals surface area contributed by atoms with Crippen molar-refractivity contribution >= 4 is 14.3 Å². The van der Waals surface area contributed by atoms with E-state index in [0.29, 0.717) is 11.9 Å². The molecular weight excluding hydrogens is 420 g/mol. The molecule has 1 unspecified atom stereocenters. The van der Waals surface area contributed by atoms with Crippen LogP contribution in [-0.2, 0) is 14.0 Å². The Morgan fingerprint density at radius 3 is 2.50 bits per heavy atom. The molecule has 1 heterocycles. The maximum absolute atomic E-state index is 12.0. The fraction of sp³-hybridized carbons (Fsp3) is 0.720. The van der Waals surface area contributed by atoms with E-state index in [1.54, 1.807) is 0 Å². The van der Waals surface area contributed by atoms with Crippen LogP contribution in [0.5, 0.6) is 5.75 Å². The third kappa shape index (κ3) is 8.18. The van der Waals surface area contributed by atoms with E-state index in [-0.39, 0.29) is 23.7 Å². The normalized spacial score (nSPS) is 19.1. The highest BCUT2D eigenvalue weighted by atomic mass is 28.4. The molecular formula is C25H44N2O4Si. The van der Waals surface area contributed by atoms with E-state index in [1.807, 2.05) is 46.0 Å². The highest BCUT2D eigenvalue weighted by Gasteiger charge is 2.40. The lowest BCUT2D eigenvalue weighted by Gasteiger charge is -2.38. The lowest BCUT2D eigenvalue weighted by atomic mass is 10.1. The van der Waals surface area contributed by atoms with Crippen molar-refractivity contribution in [2.45, 2.75) is 83.8 Å². The Morgan fingerprint density at radius 2 is 1.91 bits per heavy atom. The van der Waals surface area contributed by atoms with Crippen molar-refractivity contribution in [3.8, 4) is 5.75 Å². The van der Waals surface area contributed by atoms with Crippen molar-refractivity contribution in [3.63, 3.8) is 0 Å². The molecule has 0 amide bonds. The Morgan fingerprint density at radius 1 is 1.22 bits per heavy atom. The molecule has 2 rings (SSSR count). The van der Waals surface area contributed by atoms with Crippen LogP contribution in [0.3, 0.4) is 0 Å². The first kappa shape index (κ1) is 26.8. The molecule has 1 aliphatic heterocycles. The molecule has 7 heteroatoms. The van der Waals surface area contributed by atoms with Crippen LogP contribution in [0.1, 0.15) is 59.6 Å². The van der Waals surface area contributed by atoms with Gasteiger partial charge in [-0.1, -0.05) is 32.9 Å². The maximum Gasteiger partial charge on any atom is 0.344 e. The Bertz CT molecular complexity index is 755. The first-order valence-electron chi connectivity index (χ1n) is 11.7. The zero-order valence-electron chi connectivity index (χ0n) is 21.6.